The van der Waals surface area contributed by atoms with Gasteiger partial charge in [0.2, 0.25) is 5.88 Å². The maximum atomic E-state index is 5.26. The molecule has 0 aliphatic carbocycles. The van der Waals surface area contributed by atoms with Crippen LogP contribution in [-0.2, 0) is 6.54 Å². The first-order chi connectivity index (χ1) is 10.7. The van der Waals surface area contributed by atoms with Crippen molar-refractivity contribution in [1.82, 2.24) is 15.6 Å². The highest BCUT2D eigenvalue weighted by atomic mass is 127. The van der Waals surface area contributed by atoms with Crippen LogP contribution < -0.4 is 15.4 Å². The second-order valence-electron chi connectivity index (χ2n) is 5.49. The van der Waals surface area contributed by atoms with E-state index < -0.39 is 0 Å². The molecule has 1 aromatic rings. The molecule has 1 atom stereocenters. The van der Waals surface area contributed by atoms with Crippen LogP contribution >= 0.6 is 24.0 Å². The lowest BCUT2D eigenvalue weighted by Gasteiger charge is -2.18. The lowest BCUT2D eigenvalue weighted by molar-refractivity contribution is 0.392. The third kappa shape index (κ3) is 8.98. The number of pyridine rings is 1. The summed E-state index contributed by atoms with van der Waals surface area (Å²) in [6.07, 6.45) is 8.06. The zero-order chi connectivity index (χ0) is 16.2. The molecule has 132 valence electrons. The van der Waals surface area contributed by atoms with Gasteiger partial charge in [-0.1, -0.05) is 38.7 Å². The number of rotatable bonds is 9. The first kappa shape index (κ1) is 21.9. The van der Waals surface area contributed by atoms with Crippen molar-refractivity contribution in [3.8, 4) is 5.88 Å². The fraction of sp³-hybridized carbons (Fsp3) is 0.647. The largest absolute Gasteiger partial charge is 0.481 e. The first-order valence-electron chi connectivity index (χ1n) is 8.16. The lowest BCUT2D eigenvalue weighted by Crippen LogP contribution is -2.41. The normalized spacial score (nSPS) is 12.3. The average Bonchev–Trinajstić information content (AvgIpc) is 2.55. The lowest BCUT2D eigenvalue weighted by atomic mass is 10.1. The van der Waals surface area contributed by atoms with Gasteiger partial charge in [-0.25, -0.2) is 4.98 Å². The molecule has 0 spiro atoms. The molecule has 0 saturated carbocycles. The van der Waals surface area contributed by atoms with Gasteiger partial charge in [0.05, 0.1) is 7.11 Å². The van der Waals surface area contributed by atoms with Crippen LogP contribution in [0.5, 0.6) is 5.88 Å². The fourth-order valence-corrected chi connectivity index (χ4v) is 2.30. The van der Waals surface area contributed by atoms with Gasteiger partial charge in [0.25, 0.3) is 0 Å². The molecule has 0 amide bonds. The number of guanidine groups is 1. The van der Waals surface area contributed by atoms with E-state index in [1.165, 1.54) is 25.7 Å². The maximum Gasteiger partial charge on any atom is 0.218 e. The number of halogens is 1. The number of aromatic nitrogens is 1. The molecular formula is C17H31IN4O. The number of nitrogens with one attached hydrogen (secondary N) is 2. The Morgan fingerprint density at radius 2 is 2.13 bits per heavy atom. The monoisotopic (exact) mass is 434 g/mol. The Bertz CT molecular complexity index is 454. The van der Waals surface area contributed by atoms with Crippen LogP contribution in [0.2, 0.25) is 0 Å². The third-order valence-corrected chi connectivity index (χ3v) is 3.59. The van der Waals surface area contributed by atoms with Crippen LogP contribution in [0.3, 0.4) is 0 Å². The summed E-state index contributed by atoms with van der Waals surface area (Å²) >= 11 is 0. The summed E-state index contributed by atoms with van der Waals surface area (Å²) in [5, 5.41) is 6.74. The molecule has 1 unspecified atom stereocenters. The van der Waals surface area contributed by atoms with E-state index in [9.17, 15) is 0 Å². The van der Waals surface area contributed by atoms with Crippen molar-refractivity contribution in [3.05, 3.63) is 23.9 Å². The van der Waals surface area contributed by atoms with Crippen molar-refractivity contribution >= 4 is 29.9 Å². The Morgan fingerprint density at radius 1 is 1.35 bits per heavy atom. The number of nitrogens with zero attached hydrogens (tertiary/aromatic N) is 2. The molecule has 0 fully saturated rings. The molecule has 0 aliphatic heterocycles. The van der Waals surface area contributed by atoms with Gasteiger partial charge in [-0.2, -0.15) is 0 Å². The van der Waals surface area contributed by atoms with E-state index >= 15 is 0 Å². The van der Waals surface area contributed by atoms with Crippen LogP contribution in [0.4, 0.5) is 0 Å². The summed E-state index contributed by atoms with van der Waals surface area (Å²) in [5.74, 6) is 1.46. The Balaban J connectivity index is 0.00000484. The molecule has 6 heteroatoms. The molecule has 23 heavy (non-hydrogen) atoms. The highest BCUT2D eigenvalue weighted by molar-refractivity contribution is 14.0. The second-order valence-corrected chi connectivity index (χ2v) is 5.49. The molecule has 0 radical (unpaired) electrons. The van der Waals surface area contributed by atoms with E-state index in [1.54, 1.807) is 20.4 Å². The number of unbranched alkanes of at least 4 members (excludes halogenated alkanes) is 3. The SMILES string of the molecule is CCCCCCC(C)NC(=NC)NCc1cccnc1OC.I. The molecule has 0 bridgehead atoms. The number of hydrogen-bond acceptors (Lipinski definition) is 3. The molecule has 2 N–H and O–H groups in total. The minimum atomic E-state index is 0. The van der Waals surface area contributed by atoms with Crippen LogP contribution in [0.15, 0.2) is 23.3 Å². The van der Waals surface area contributed by atoms with Gasteiger partial charge in [0.1, 0.15) is 0 Å². The van der Waals surface area contributed by atoms with Crippen molar-refractivity contribution < 1.29 is 4.74 Å². The minimum Gasteiger partial charge on any atom is -0.481 e. The van der Waals surface area contributed by atoms with E-state index in [2.05, 4.69) is 34.5 Å². The van der Waals surface area contributed by atoms with Crippen molar-refractivity contribution in [2.24, 2.45) is 4.99 Å². The summed E-state index contributed by atoms with van der Waals surface area (Å²) in [5.41, 5.74) is 1.02. The number of methoxy groups -OCH3 is 1. The van der Waals surface area contributed by atoms with Gasteiger partial charge in [0, 0.05) is 31.4 Å². The number of ether oxygens (including phenoxy) is 1. The third-order valence-electron chi connectivity index (χ3n) is 3.59. The van der Waals surface area contributed by atoms with Crippen molar-refractivity contribution in [2.75, 3.05) is 14.2 Å². The smallest absolute Gasteiger partial charge is 0.218 e. The Labute approximate surface area is 157 Å². The van der Waals surface area contributed by atoms with Gasteiger partial charge in [-0.3, -0.25) is 4.99 Å². The van der Waals surface area contributed by atoms with Crippen LogP contribution in [0, 0.1) is 0 Å². The molecule has 1 aromatic heterocycles. The van der Waals surface area contributed by atoms with Gasteiger partial charge >= 0.3 is 0 Å². The van der Waals surface area contributed by atoms with Crippen LogP contribution in [-0.4, -0.2) is 31.1 Å². The first-order valence-corrected chi connectivity index (χ1v) is 8.16. The average molecular weight is 434 g/mol. The quantitative estimate of drug-likeness (QED) is 0.269. The highest BCUT2D eigenvalue weighted by Crippen LogP contribution is 2.12. The predicted molar refractivity (Wildman–Crippen MR) is 108 cm³/mol. The molecule has 1 heterocycles. The van der Waals surface area contributed by atoms with Gasteiger partial charge in [-0.15, -0.1) is 24.0 Å². The van der Waals surface area contributed by atoms with Crippen molar-refractivity contribution in [1.29, 1.82) is 0 Å². The van der Waals surface area contributed by atoms with Crippen molar-refractivity contribution in [3.63, 3.8) is 0 Å². The summed E-state index contributed by atoms with van der Waals surface area (Å²) in [7, 11) is 3.43. The Hall–Kier alpha value is -1.05. The number of hydrogen-bond donors (Lipinski definition) is 2. The van der Waals surface area contributed by atoms with Crippen molar-refractivity contribution in [2.45, 2.75) is 58.5 Å². The number of aliphatic imine (C=N–C) groups is 1. The maximum absolute atomic E-state index is 5.26. The predicted octanol–water partition coefficient (Wildman–Crippen LogP) is 3.73. The Morgan fingerprint density at radius 3 is 2.78 bits per heavy atom. The fourth-order valence-electron chi connectivity index (χ4n) is 2.30. The van der Waals surface area contributed by atoms with Gasteiger partial charge in [-0.05, 0) is 19.4 Å². The topological polar surface area (TPSA) is 58.5 Å². The summed E-state index contributed by atoms with van der Waals surface area (Å²) < 4.78 is 5.26. The van der Waals surface area contributed by atoms with Gasteiger partial charge in [0.15, 0.2) is 5.96 Å². The summed E-state index contributed by atoms with van der Waals surface area (Å²) in [4.78, 5) is 8.47. The van der Waals surface area contributed by atoms with E-state index in [1.807, 2.05) is 12.1 Å². The minimum absolute atomic E-state index is 0. The zero-order valence-electron chi connectivity index (χ0n) is 14.8. The van der Waals surface area contributed by atoms with Gasteiger partial charge < -0.3 is 15.4 Å². The summed E-state index contributed by atoms with van der Waals surface area (Å²) in [6, 6.07) is 4.32. The molecule has 0 aliphatic rings. The Kier molecular flexibility index (Phi) is 12.8. The molecule has 0 aromatic carbocycles. The van der Waals surface area contributed by atoms with E-state index in [-0.39, 0.29) is 24.0 Å². The summed E-state index contributed by atoms with van der Waals surface area (Å²) in [6.45, 7) is 5.07. The van der Waals surface area contributed by atoms with E-state index in [0.29, 0.717) is 18.5 Å². The molecule has 5 nitrogen and oxygen atoms in total. The zero-order valence-corrected chi connectivity index (χ0v) is 17.1. The van der Waals surface area contributed by atoms with E-state index in [4.69, 9.17) is 4.74 Å². The standard InChI is InChI=1S/C17H30N4O.HI/c1-5-6-7-8-10-14(2)21-17(18-3)20-13-15-11-9-12-19-16(15)22-4;/h9,11-12,14H,5-8,10,13H2,1-4H3,(H2,18,20,21);1H. The molecule has 0 saturated heterocycles. The van der Waals surface area contributed by atoms with E-state index in [0.717, 1.165) is 17.9 Å². The van der Waals surface area contributed by atoms with Crippen LogP contribution in [0.25, 0.3) is 0 Å². The molecular weight excluding hydrogens is 403 g/mol. The van der Waals surface area contributed by atoms with Crippen LogP contribution in [0.1, 0.15) is 51.5 Å². The molecule has 1 rings (SSSR count). The second kappa shape index (κ2) is 13.4. The highest BCUT2D eigenvalue weighted by Gasteiger charge is 2.07.